The van der Waals surface area contributed by atoms with Gasteiger partial charge >= 0.3 is 0 Å². The van der Waals surface area contributed by atoms with E-state index in [2.05, 4.69) is 12.2 Å². The van der Waals surface area contributed by atoms with Crippen LogP contribution in [-0.4, -0.2) is 44.3 Å². The van der Waals surface area contributed by atoms with Gasteiger partial charge in [0.1, 0.15) is 12.6 Å². The minimum absolute atomic E-state index is 0.0851. The maximum absolute atomic E-state index is 14.6. The van der Waals surface area contributed by atoms with Crippen LogP contribution in [0.2, 0.25) is 0 Å². The number of hydrogen-bond acceptors (Lipinski definition) is 4. The molecule has 4 rings (SSSR count). The predicted octanol–water partition coefficient (Wildman–Crippen LogP) is 6.36. The van der Waals surface area contributed by atoms with Gasteiger partial charge in [-0.15, -0.1) is 0 Å². The fraction of sp³-hybridized carbons (Fsp3) is 0.297. The minimum atomic E-state index is -4.14. The number of rotatable bonds is 14. The number of amides is 2. The van der Waals surface area contributed by atoms with Crippen LogP contribution in [0.1, 0.15) is 47.6 Å². The summed E-state index contributed by atoms with van der Waals surface area (Å²) in [6, 6.07) is 30.2. The second-order valence-electron chi connectivity index (χ2n) is 11.5. The lowest BCUT2D eigenvalue weighted by atomic mass is 10.0. The zero-order chi connectivity index (χ0) is 32.4. The number of nitrogens with zero attached hydrogens (tertiary/aromatic N) is 2. The van der Waals surface area contributed by atoms with Crippen LogP contribution in [-0.2, 0) is 32.6 Å². The largest absolute Gasteiger partial charge is 0.354 e. The molecule has 0 aromatic heterocycles. The number of sulfonamides is 1. The molecule has 1 atom stereocenters. The van der Waals surface area contributed by atoms with E-state index in [1.54, 1.807) is 24.3 Å². The van der Waals surface area contributed by atoms with Crippen LogP contribution in [0.25, 0.3) is 0 Å². The molecule has 0 aliphatic carbocycles. The van der Waals surface area contributed by atoms with Crippen LogP contribution in [0.3, 0.4) is 0 Å². The summed E-state index contributed by atoms with van der Waals surface area (Å²) in [6.45, 7) is 7.92. The second-order valence-corrected chi connectivity index (χ2v) is 13.3. The lowest BCUT2D eigenvalue weighted by Gasteiger charge is -2.34. The van der Waals surface area contributed by atoms with Crippen molar-refractivity contribution in [3.8, 4) is 0 Å². The van der Waals surface area contributed by atoms with Crippen LogP contribution in [0.15, 0.2) is 108 Å². The molecule has 0 aliphatic heterocycles. The molecule has 45 heavy (non-hydrogen) atoms. The maximum Gasteiger partial charge on any atom is 0.264 e. The van der Waals surface area contributed by atoms with Crippen molar-refractivity contribution in [1.82, 2.24) is 10.2 Å². The van der Waals surface area contributed by atoms with Crippen LogP contribution < -0.4 is 9.62 Å². The molecule has 8 heteroatoms. The van der Waals surface area contributed by atoms with Gasteiger partial charge < -0.3 is 10.2 Å². The molecule has 7 nitrogen and oxygen atoms in total. The van der Waals surface area contributed by atoms with E-state index in [0.29, 0.717) is 12.2 Å². The summed E-state index contributed by atoms with van der Waals surface area (Å²) in [4.78, 5) is 30.1. The number of carbonyl (C=O) groups is 2. The van der Waals surface area contributed by atoms with E-state index in [-0.39, 0.29) is 23.8 Å². The smallest absolute Gasteiger partial charge is 0.264 e. The van der Waals surface area contributed by atoms with Gasteiger partial charge in [0.15, 0.2) is 0 Å². The molecule has 0 heterocycles. The Morgan fingerprint density at radius 3 is 2.04 bits per heavy atom. The summed E-state index contributed by atoms with van der Waals surface area (Å²) in [6.07, 6.45) is 2.01. The highest BCUT2D eigenvalue weighted by Crippen LogP contribution is 2.29. The topological polar surface area (TPSA) is 86.8 Å². The second kappa shape index (κ2) is 15.5. The van der Waals surface area contributed by atoms with E-state index in [1.807, 2.05) is 87.5 Å². The number of carbonyl (C=O) groups excluding carboxylic acids is 2. The van der Waals surface area contributed by atoms with Crippen molar-refractivity contribution in [2.75, 3.05) is 17.4 Å². The van der Waals surface area contributed by atoms with Crippen LogP contribution >= 0.6 is 0 Å². The molecule has 0 saturated heterocycles. The molecule has 0 bridgehead atoms. The lowest BCUT2D eigenvalue weighted by Crippen LogP contribution is -2.53. The third-order valence-electron chi connectivity index (χ3n) is 7.82. The maximum atomic E-state index is 14.6. The summed E-state index contributed by atoms with van der Waals surface area (Å²) in [5.41, 5.74) is 4.83. The Morgan fingerprint density at radius 1 is 0.778 bits per heavy atom. The van der Waals surface area contributed by atoms with Crippen molar-refractivity contribution in [1.29, 1.82) is 0 Å². The first kappa shape index (κ1) is 33.5. The summed E-state index contributed by atoms with van der Waals surface area (Å²) >= 11 is 0. The summed E-state index contributed by atoms with van der Waals surface area (Å²) in [5.74, 6) is -0.737. The van der Waals surface area contributed by atoms with Crippen molar-refractivity contribution in [3.63, 3.8) is 0 Å². The highest BCUT2D eigenvalue weighted by Gasteiger charge is 2.35. The summed E-state index contributed by atoms with van der Waals surface area (Å²) in [5, 5.41) is 3.03. The zero-order valence-corrected chi connectivity index (χ0v) is 27.4. The van der Waals surface area contributed by atoms with Gasteiger partial charge in [0.05, 0.1) is 10.6 Å². The Morgan fingerprint density at radius 2 is 1.40 bits per heavy atom. The van der Waals surface area contributed by atoms with Gasteiger partial charge in [-0.3, -0.25) is 13.9 Å². The van der Waals surface area contributed by atoms with Crippen LogP contribution in [0, 0.1) is 20.8 Å². The fourth-order valence-electron chi connectivity index (χ4n) is 5.17. The highest BCUT2D eigenvalue weighted by atomic mass is 32.2. The average Bonchev–Trinajstić information content (AvgIpc) is 3.04. The van der Waals surface area contributed by atoms with Gasteiger partial charge in [-0.2, -0.15) is 0 Å². The predicted molar refractivity (Wildman–Crippen MR) is 180 cm³/mol. The standard InChI is InChI=1S/C37H43N3O4S/c1-5-6-23-38-37(42)35(25-31-13-9-7-10-14-31)39(26-32-21-18-28(2)19-22-32)36(41)27-40(34-24-29(3)17-20-30(34)4)45(43,44)33-15-11-8-12-16-33/h7-22,24,35H,5-6,23,25-27H2,1-4H3,(H,38,42)/t35-/m1/s1. The van der Waals surface area contributed by atoms with Gasteiger partial charge in [0, 0.05) is 19.5 Å². The Labute approximate surface area is 268 Å². The third-order valence-corrected chi connectivity index (χ3v) is 9.59. The molecule has 0 unspecified atom stereocenters. The first-order chi connectivity index (χ1) is 21.6. The molecule has 0 radical (unpaired) electrons. The molecule has 0 saturated carbocycles. The molecular weight excluding hydrogens is 582 g/mol. The number of unbranched alkanes of at least 4 members (excludes halogenated alkanes) is 1. The van der Waals surface area contributed by atoms with E-state index < -0.39 is 28.5 Å². The van der Waals surface area contributed by atoms with Crippen molar-refractivity contribution in [2.45, 2.75) is 64.4 Å². The monoisotopic (exact) mass is 625 g/mol. The van der Waals surface area contributed by atoms with E-state index in [4.69, 9.17) is 0 Å². The Balaban J connectivity index is 1.81. The normalized spacial score (nSPS) is 11.9. The van der Waals surface area contributed by atoms with Gasteiger partial charge in [-0.05, 0) is 67.6 Å². The Hall–Kier alpha value is -4.43. The van der Waals surface area contributed by atoms with Crippen LogP contribution in [0.4, 0.5) is 5.69 Å². The molecule has 4 aromatic rings. The fourth-order valence-corrected chi connectivity index (χ4v) is 6.66. The highest BCUT2D eigenvalue weighted by molar-refractivity contribution is 7.92. The average molecular weight is 626 g/mol. The number of nitrogens with one attached hydrogen (secondary N) is 1. The Kier molecular flexibility index (Phi) is 11.5. The first-order valence-corrected chi connectivity index (χ1v) is 16.9. The third kappa shape index (κ3) is 8.82. The van der Waals surface area contributed by atoms with Gasteiger partial charge in [0.25, 0.3) is 10.0 Å². The Bertz CT molecular complexity index is 1670. The molecular formula is C37H43N3O4S. The van der Waals surface area contributed by atoms with E-state index >= 15 is 0 Å². The van der Waals surface area contributed by atoms with E-state index in [1.165, 1.54) is 21.3 Å². The molecule has 0 fully saturated rings. The quantitative estimate of drug-likeness (QED) is 0.165. The molecule has 1 N–H and O–H groups in total. The van der Waals surface area contributed by atoms with Gasteiger partial charge in [0.2, 0.25) is 11.8 Å². The first-order valence-electron chi connectivity index (χ1n) is 15.4. The lowest BCUT2D eigenvalue weighted by molar-refractivity contribution is -0.140. The van der Waals surface area contributed by atoms with Crippen molar-refractivity contribution in [3.05, 3.63) is 131 Å². The SMILES string of the molecule is CCCCNC(=O)[C@@H](Cc1ccccc1)N(Cc1ccc(C)cc1)C(=O)CN(c1cc(C)ccc1C)S(=O)(=O)c1ccccc1. The number of hydrogen-bond donors (Lipinski definition) is 1. The summed E-state index contributed by atoms with van der Waals surface area (Å²) < 4.78 is 29.6. The molecule has 4 aromatic carbocycles. The summed E-state index contributed by atoms with van der Waals surface area (Å²) in [7, 11) is -4.14. The van der Waals surface area contributed by atoms with Gasteiger partial charge in [-0.1, -0.05) is 104 Å². The molecule has 236 valence electrons. The van der Waals surface area contributed by atoms with Gasteiger partial charge in [-0.25, -0.2) is 8.42 Å². The molecule has 2 amide bonds. The van der Waals surface area contributed by atoms with Crippen molar-refractivity contribution < 1.29 is 18.0 Å². The minimum Gasteiger partial charge on any atom is -0.354 e. The van der Waals surface area contributed by atoms with E-state index in [0.717, 1.165) is 40.7 Å². The number of aryl methyl sites for hydroxylation is 3. The molecule has 0 spiro atoms. The zero-order valence-electron chi connectivity index (χ0n) is 26.6. The van der Waals surface area contributed by atoms with Crippen molar-refractivity contribution in [2.24, 2.45) is 0 Å². The van der Waals surface area contributed by atoms with Crippen LogP contribution in [0.5, 0.6) is 0 Å². The number of benzene rings is 4. The molecule has 0 aliphatic rings. The van der Waals surface area contributed by atoms with E-state index in [9.17, 15) is 18.0 Å². The van der Waals surface area contributed by atoms with Crippen molar-refractivity contribution >= 4 is 27.5 Å². The number of anilines is 1.